The number of amides is 2. The summed E-state index contributed by atoms with van der Waals surface area (Å²) >= 11 is 6.16. The van der Waals surface area contributed by atoms with Crippen LogP contribution < -0.4 is 10.2 Å². The first-order valence-electron chi connectivity index (χ1n) is 6.86. The SMILES string of the molecule is CC(=O)Nc1ccc(N2CCN(C(=O)C(F)(F)F)CC2)c(Cl)c1. The summed E-state index contributed by atoms with van der Waals surface area (Å²) < 4.78 is 37.2. The van der Waals surface area contributed by atoms with Gasteiger partial charge in [0.15, 0.2) is 0 Å². The highest BCUT2D eigenvalue weighted by Crippen LogP contribution is 2.30. The Kier molecular flexibility index (Phi) is 5.03. The van der Waals surface area contributed by atoms with Gasteiger partial charge in [0.2, 0.25) is 5.91 Å². The zero-order chi connectivity index (χ0) is 17.2. The van der Waals surface area contributed by atoms with Crippen LogP contribution in [0.5, 0.6) is 0 Å². The summed E-state index contributed by atoms with van der Waals surface area (Å²) in [5.74, 6) is -2.04. The van der Waals surface area contributed by atoms with Crippen LogP contribution in [-0.2, 0) is 9.59 Å². The molecule has 0 spiro atoms. The van der Waals surface area contributed by atoms with Gasteiger partial charge >= 0.3 is 12.1 Å². The number of piperazine rings is 1. The smallest absolute Gasteiger partial charge is 0.367 e. The van der Waals surface area contributed by atoms with Crippen molar-refractivity contribution >= 4 is 34.8 Å². The number of benzene rings is 1. The molecular weight excluding hydrogens is 335 g/mol. The molecule has 0 unspecified atom stereocenters. The maximum atomic E-state index is 12.4. The van der Waals surface area contributed by atoms with Crippen LogP contribution in [0.15, 0.2) is 18.2 Å². The van der Waals surface area contributed by atoms with E-state index in [1.54, 1.807) is 23.1 Å². The van der Waals surface area contributed by atoms with Crippen LogP contribution in [0.25, 0.3) is 0 Å². The Morgan fingerprint density at radius 1 is 1.17 bits per heavy atom. The summed E-state index contributed by atoms with van der Waals surface area (Å²) in [5, 5.41) is 2.98. The molecule has 1 fully saturated rings. The fourth-order valence-corrected chi connectivity index (χ4v) is 2.67. The first-order valence-corrected chi connectivity index (χ1v) is 7.24. The Hall–Kier alpha value is -1.96. The van der Waals surface area contributed by atoms with Crippen LogP contribution in [0.2, 0.25) is 5.02 Å². The number of hydrogen-bond donors (Lipinski definition) is 1. The molecule has 0 aromatic heterocycles. The Labute approximate surface area is 136 Å². The number of hydrogen-bond acceptors (Lipinski definition) is 3. The lowest BCUT2D eigenvalue weighted by molar-refractivity contribution is -0.185. The van der Waals surface area contributed by atoms with Gasteiger partial charge in [0.05, 0.1) is 10.7 Å². The summed E-state index contributed by atoms with van der Waals surface area (Å²) in [6.07, 6.45) is -4.85. The van der Waals surface area contributed by atoms with Gasteiger partial charge in [-0.1, -0.05) is 11.6 Å². The third kappa shape index (κ3) is 4.28. The highest BCUT2D eigenvalue weighted by molar-refractivity contribution is 6.33. The number of anilines is 2. The normalized spacial score (nSPS) is 15.5. The van der Waals surface area contributed by atoms with Gasteiger partial charge in [-0.2, -0.15) is 13.2 Å². The van der Waals surface area contributed by atoms with Crippen molar-refractivity contribution in [3.8, 4) is 0 Å². The summed E-state index contributed by atoms with van der Waals surface area (Å²) in [5.41, 5.74) is 1.19. The average molecular weight is 350 g/mol. The molecule has 126 valence electrons. The van der Waals surface area contributed by atoms with Gasteiger partial charge < -0.3 is 15.1 Å². The molecule has 0 bridgehead atoms. The lowest BCUT2D eigenvalue weighted by Crippen LogP contribution is -2.52. The second-order valence-electron chi connectivity index (χ2n) is 5.12. The minimum atomic E-state index is -4.85. The monoisotopic (exact) mass is 349 g/mol. The molecule has 5 nitrogen and oxygen atoms in total. The summed E-state index contributed by atoms with van der Waals surface area (Å²) in [6, 6.07) is 4.93. The van der Waals surface area contributed by atoms with Crippen molar-refractivity contribution in [3.63, 3.8) is 0 Å². The van der Waals surface area contributed by atoms with E-state index in [1.165, 1.54) is 6.92 Å². The van der Waals surface area contributed by atoms with Crippen LogP contribution in [-0.4, -0.2) is 49.1 Å². The van der Waals surface area contributed by atoms with Crippen LogP contribution in [0.4, 0.5) is 24.5 Å². The molecule has 1 saturated heterocycles. The molecule has 23 heavy (non-hydrogen) atoms. The number of rotatable bonds is 2. The van der Waals surface area contributed by atoms with E-state index in [4.69, 9.17) is 11.6 Å². The van der Waals surface area contributed by atoms with Gasteiger partial charge in [0, 0.05) is 38.8 Å². The zero-order valence-electron chi connectivity index (χ0n) is 12.3. The summed E-state index contributed by atoms with van der Waals surface area (Å²) in [6.45, 7) is 1.82. The third-order valence-corrected chi connectivity index (χ3v) is 3.72. The average Bonchev–Trinajstić information content (AvgIpc) is 2.45. The predicted octanol–water partition coefficient (Wildman–Crippen LogP) is 2.51. The van der Waals surface area contributed by atoms with Crippen LogP contribution in [0.3, 0.4) is 0 Å². The fraction of sp³-hybridized carbons (Fsp3) is 0.429. The van der Waals surface area contributed by atoms with Crippen molar-refractivity contribution in [3.05, 3.63) is 23.2 Å². The van der Waals surface area contributed by atoms with E-state index in [9.17, 15) is 22.8 Å². The van der Waals surface area contributed by atoms with Crippen LogP contribution in [0.1, 0.15) is 6.92 Å². The van der Waals surface area contributed by atoms with E-state index >= 15 is 0 Å². The Bertz CT molecular complexity index is 614. The first kappa shape index (κ1) is 17.4. The summed E-state index contributed by atoms with van der Waals surface area (Å²) in [7, 11) is 0. The van der Waals surface area contributed by atoms with Crippen LogP contribution in [0, 0.1) is 0 Å². The Morgan fingerprint density at radius 2 is 1.78 bits per heavy atom. The van der Waals surface area contributed by atoms with Crippen molar-refractivity contribution in [2.45, 2.75) is 13.1 Å². The largest absolute Gasteiger partial charge is 0.471 e. The molecule has 2 rings (SSSR count). The molecule has 1 aromatic carbocycles. The number of halogens is 4. The highest BCUT2D eigenvalue weighted by atomic mass is 35.5. The standard InChI is InChI=1S/C14H15ClF3N3O2/c1-9(22)19-10-2-3-12(11(15)8-10)20-4-6-21(7-5-20)13(23)14(16,17)18/h2-3,8H,4-7H2,1H3,(H,19,22). The predicted molar refractivity (Wildman–Crippen MR) is 80.6 cm³/mol. The molecule has 1 heterocycles. The van der Waals surface area contributed by atoms with Crippen molar-refractivity contribution in [2.75, 3.05) is 36.4 Å². The van der Waals surface area contributed by atoms with E-state index in [1.807, 2.05) is 0 Å². The van der Waals surface area contributed by atoms with Gasteiger partial charge in [0.1, 0.15) is 0 Å². The van der Waals surface area contributed by atoms with Gasteiger partial charge in [-0.25, -0.2) is 0 Å². The number of nitrogens with one attached hydrogen (secondary N) is 1. The molecule has 2 amide bonds. The molecular formula is C14H15ClF3N3O2. The molecule has 0 saturated carbocycles. The van der Waals surface area contributed by atoms with Crippen molar-refractivity contribution < 1.29 is 22.8 Å². The molecule has 9 heteroatoms. The maximum absolute atomic E-state index is 12.4. The maximum Gasteiger partial charge on any atom is 0.471 e. The number of carbonyl (C=O) groups excluding carboxylic acids is 2. The quantitative estimate of drug-likeness (QED) is 0.892. The highest BCUT2D eigenvalue weighted by Gasteiger charge is 2.43. The van der Waals surface area contributed by atoms with Crippen LogP contribution >= 0.6 is 11.6 Å². The molecule has 0 radical (unpaired) electrons. The molecule has 1 aliphatic heterocycles. The lowest BCUT2D eigenvalue weighted by atomic mass is 10.2. The number of alkyl halides is 3. The van der Waals surface area contributed by atoms with Gasteiger partial charge in [-0.05, 0) is 18.2 Å². The van der Waals surface area contributed by atoms with E-state index < -0.39 is 12.1 Å². The van der Waals surface area contributed by atoms with Gasteiger partial charge in [-0.15, -0.1) is 0 Å². The Balaban J connectivity index is 2.03. The zero-order valence-corrected chi connectivity index (χ0v) is 13.0. The van der Waals surface area contributed by atoms with E-state index in [0.29, 0.717) is 16.4 Å². The fourth-order valence-electron chi connectivity index (χ4n) is 2.37. The second kappa shape index (κ2) is 6.66. The molecule has 1 aromatic rings. The van der Waals surface area contributed by atoms with E-state index in [2.05, 4.69) is 5.32 Å². The second-order valence-corrected chi connectivity index (χ2v) is 5.53. The van der Waals surface area contributed by atoms with Crippen molar-refractivity contribution in [1.82, 2.24) is 4.90 Å². The molecule has 0 atom stereocenters. The van der Waals surface area contributed by atoms with Crippen molar-refractivity contribution in [1.29, 1.82) is 0 Å². The molecule has 1 N–H and O–H groups in total. The lowest BCUT2D eigenvalue weighted by Gasteiger charge is -2.36. The van der Waals surface area contributed by atoms with Crippen molar-refractivity contribution in [2.24, 2.45) is 0 Å². The topological polar surface area (TPSA) is 52.7 Å². The van der Waals surface area contributed by atoms with Gasteiger partial charge in [0.25, 0.3) is 0 Å². The minimum Gasteiger partial charge on any atom is -0.367 e. The number of nitrogens with zero attached hydrogens (tertiary/aromatic N) is 2. The van der Waals surface area contributed by atoms with E-state index in [-0.39, 0.29) is 32.1 Å². The molecule has 1 aliphatic rings. The first-order chi connectivity index (χ1) is 10.7. The molecule has 0 aliphatic carbocycles. The van der Waals surface area contributed by atoms with E-state index in [0.717, 1.165) is 4.90 Å². The Morgan fingerprint density at radius 3 is 2.26 bits per heavy atom. The number of carbonyl (C=O) groups is 2. The summed E-state index contributed by atoms with van der Waals surface area (Å²) in [4.78, 5) is 24.8. The minimum absolute atomic E-state index is 0.0257. The third-order valence-electron chi connectivity index (χ3n) is 3.42. The van der Waals surface area contributed by atoms with Gasteiger partial charge in [-0.3, -0.25) is 9.59 Å².